The van der Waals surface area contributed by atoms with E-state index < -0.39 is 0 Å². The van der Waals surface area contributed by atoms with Crippen molar-refractivity contribution in [2.24, 2.45) is 0 Å². The molecule has 0 unspecified atom stereocenters. The number of pyridine rings is 1. The molecule has 1 aromatic carbocycles. The van der Waals surface area contributed by atoms with Crippen molar-refractivity contribution < 1.29 is 4.79 Å². The number of amides is 1. The maximum atomic E-state index is 12.7. The number of hydrogen-bond donors (Lipinski definition) is 1. The van der Waals surface area contributed by atoms with Crippen LogP contribution in [-0.4, -0.2) is 32.3 Å². The first kappa shape index (κ1) is 15.0. The number of rotatable bonds is 6. The van der Waals surface area contributed by atoms with Crippen LogP contribution in [0.3, 0.4) is 0 Å². The first-order chi connectivity index (χ1) is 11.3. The molecule has 2 aromatic heterocycles. The molecule has 0 atom stereocenters. The summed E-state index contributed by atoms with van der Waals surface area (Å²) < 4.78 is 0. The van der Waals surface area contributed by atoms with Gasteiger partial charge < -0.3 is 9.88 Å². The van der Waals surface area contributed by atoms with E-state index in [1.54, 1.807) is 35.6 Å². The van der Waals surface area contributed by atoms with Crippen LogP contribution in [0.25, 0.3) is 0 Å². The molecular weight excluding hydrogens is 288 g/mol. The van der Waals surface area contributed by atoms with Crippen molar-refractivity contribution in [3.05, 3.63) is 84.2 Å². The molecule has 0 radical (unpaired) electrons. The topological polar surface area (TPSA) is 61.9 Å². The van der Waals surface area contributed by atoms with Gasteiger partial charge in [-0.05, 0) is 24.1 Å². The van der Waals surface area contributed by atoms with Gasteiger partial charge in [-0.3, -0.25) is 9.78 Å². The Labute approximate surface area is 135 Å². The van der Waals surface area contributed by atoms with Crippen molar-refractivity contribution in [2.45, 2.75) is 13.0 Å². The van der Waals surface area contributed by atoms with E-state index in [4.69, 9.17) is 0 Å². The molecule has 0 aliphatic carbocycles. The van der Waals surface area contributed by atoms with Crippen molar-refractivity contribution in [2.75, 3.05) is 6.54 Å². The molecular formula is C18H18N4O. The standard InChI is InChI=1S/C18H18N4O/c23-18(16-8-4-5-10-19-16)22(14-17-20-11-12-21-17)13-9-15-6-2-1-3-7-15/h1-8,10-12H,9,13-14H2,(H,20,21). The van der Waals surface area contributed by atoms with Crippen LogP contribution in [0.4, 0.5) is 0 Å². The number of H-pyrrole nitrogens is 1. The third-order valence-electron chi connectivity index (χ3n) is 3.58. The number of carbonyl (C=O) groups excluding carboxylic acids is 1. The summed E-state index contributed by atoms with van der Waals surface area (Å²) >= 11 is 0. The van der Waals surface area contributed by atoms with Crippen LogP contribution in [0.2, 0.25) is 0 Å². The average molecular weight is 306 g/mol. The predicted octanol–water partition coefficient (Wildman–Crippen LogP) is 2.69. The molecule has 0 fully saturated rings. The van der Waals surface area contributed by atoms with Gasteiger partial charge in [-0.1, -0.05) is 36.4 Å². The highest BCUT2D eigenvalue weighted by Gasteiger charge is 2.18. The Hall–Kier alpha value is -2.95. The minimum atomic E-state index is -0.0852. The Morgan fingerprint density at radius 2 is 1.83 bits per heavy atom. The maximum absolute atomic E-state index is 12.7. The molecule has 23 heavy (non-hydrogen) atoms. The molecule has 3 aromatic rings. The summed E-state index contributed by atoms with van der Waals surface area (Å²) in [5, 5.41) is 0. The minimum absolute atomic E-state index is 0.0852. The van der Waals surface area contributed by atoms with E-state index in [0.717, 1.165) is 12.2 Å². The molecule has 0 aliphatic rings. The predicted molar refractivity (Wildman–Crippen MR) is 87.7 cm³/mol. The Morgan fingerprint density at radius 1 is 1.00 bits per heavy atom. The quantitative estimate of drug-likeness (QED) is 0.761. The molecule has 116 valence electrons. The van der Waals surface area contributed by atoms with Crippen LogP contribution < -0.4 is 0 Å². The highest BCUT2D eigenvalue weighted by molar-refractivity contribution is 5.92. The summed E-state index contributed by atoms with van der Waals surface area (Å²) in [5.41, 5.74) is 1.65. The first-order valence-corrected chi connectivity index (χ1v) is 7.55. The molecule has 1 amide bonds. The molecule has 0 spiro atoms. The molecule has 3 rings (SSSR count). The second-order valence-electron chi connectivity index (χ2n) is 5.21. The van der Waals surface area contributed by atoms with Crippen LogP contribution in [0.1, 0.15) is 21.9 Å². The van der Waals surface area contributed by atoms with Crippen molar-refractivity contribution in [3.63, 3.8) is 0 Å². The van der Waals surface area contributed by atoms with Gasteiger partial charge in [0.1, 0.15) is 11.5 Å². The van der Waals surface area contributed by atoms with Gasteiger partial charge in [-0.25, -0.2) is 4.98 Å². The van der Waals surface area contributed by atoms with Crippen LogP contribution in [0, 0.1) is 0 Å². The van der Waals surface area contributed by atoms with E-state index in [9.17, 15) is 4.79 Å². The van der Waals surface area contributed by atoms with E-state index >= 15 is 0 Å². The van der Waals surface area contributed by atoms with E-state index in [2.05, 4.69) is 27.1 Å². The molecule has 2 heterocycles. The molecule has 1 N–H and O–H groups in total. The van der Waals surface area contributed by atoms with E-state index in [0.29, 0.717) is 18.8 Å². The van der Waals surface area contributed by atoms with Crippen LogP contribution in [-0.2, 0) is 13.0 Å². The highest BCUT2D eigenvalue weighted by atomic mass is 16.2. The number of aromatic nitrogens is 3. The second-order valence-corrected chi connectivity index (χ2v) is 5.21. The fourth-order valence-corrected chi connectivity index (χ4v) is 2.38. The lowest BCUT2D eigenvalue weighted by atomic mass is 10.1. The highest BCUT2D eigenvalue weighted by Crippen LogP contribution is 2.08. The molecule has 0 aliphatic heterocycles. The fourth-order valence-electron chi connectivity index (χ4n) is 2.38. The van der Waals surface area contributed by atoms with Gasteiger partial charge in [0, 0.05) is 25.1 Å². The summed E-state index contributed by atoms with van der Waals surface area (Å²) in [7, 11) is 0. The van der Waals surface area contributed by atoms with Gasteiger partial charge in [0.15, 0.2) is 0 Å². The number of imidazole rings is 1. The zero-order chi connectivity index (χ0) is 15.9. The summed E-state index contributed by atoms with van der Waals surface area (Å²) in [4.78, 5) is 25.9. The zero-order valence-corrected chi connectivity index (χ0v) is 12.7. The molecule has 5 nitrogen and oxygen atoms in total. The SMILES string of the molecule is O=C(c1ccccn1)N(CCc1ccccc1)Cc1ncc[nH]1. The smallest absolute Gasteiger partial charge is 0.272 e. The fraction of sp³-hybridized carbons (Fsp3) is 0.167. The van der Waals surface area contributed by atoms with Crippen molar-refractivity contribution in [1.82, 2.24) is 19.9 Å². The van der Waals surface area contributed by atoms with Crippen LogP contribution in [0.5, 0.6) is 0 Å². The van der Waals surface area contributed by atoms with Gasteiger partial charge in [-0.2, -0.15) is 0 Å². The summed E-state index contributed by atoms with van der Waals surface area (Å²) in [6.07, 6.45) is 5.88. The number of aromatic amines is 1. The van der Waals surface area contributed by atoms with Gasteiger partial charge in [-0.15, -0.1) is 0 Å². The third-order valence-corrected chi connectivity index (χ3v) is 3.58. The Kier molecular flexibility index (Phi) is 4.79. The molecule has 0 bridgehead atoms. The number of nitrogens with zero attached hydrogens (tertiary/aromatic N) is 3. The zero-order valence-electron chi connectivity index (χ0n) is 12.7. The van der Waals surface area contributed by atoms with E-state index in [1.807, 2.05) is 24.3 Å². The third kappa shape index (κ3) is 4.03. The Morgan fingerprint density at radius 3 is 2.52 bits per heavy atom. The van der Waals surface area contributed by atoms with Crippen LogP contribution >= 0.6 is 0 Å². The van der Waals surface area contributed by atoms with Gasteiger partial charge >= 0.3 is 0 Å². The maximum Gasteiger partial charge on any atom is 0.272 e. The van der Waals surface area contributed by atoms with Gasteiger partial charge in [0.05, 0.1) is 6.54 Å². The van der Waals surface area contributed by atoms with Crippen molar-refractivity contribution in [3.8, 4) is 0 Å². The monoisotopic (exact) mass is 306 g/mol. The van der Waals surface area contributed by atoms with Gasteiger partial charge in [0.25, 0.3) is 5.91 Å². The normalized spacial score (nSPS) is 10.4. The largest absolute Gasteiger partial charge is 0.347 e. The van der Waals surface area contributed by atoms with Gasteiger partial charge in [0.2, 0.25) is 0 Å². The van der Waals surface area contributed by atoms with E-state index in [-0.39, 0.29) is 5.91 Å². The summed E-state index contributed by atoms with van der Waals surface area (Å²) in [6, 6.07) is 15.5. The van der Waals surface area contributed by atoms with Crippen LogP contribution in [0.15, 0.2) is 67.1 Å². The molecule has 0 saturated carbocycles. The minimum Gasteiger partial charge on any atom is -0.347 e. The Balaban J connectivity index is 1.74. The lowest BCUT2D eigenvalue weighted by molar-refractivity contribution is 0.0735. The number of hydrogen-bond acceptors (Lipinski definition) is 3. The van der Waals surface area contributed by atoms with Crippen molar-refractivity contribution in [1.29, 1.82) is 0 Å². The number of carbonyl (C=O) groups is 1. The Bertz CT molecular complexity index is 726. The second kappa shape index (κ2) is 7.35. The molecule has 0 saturated heterocycles. The average Bonchev–Trinajstić information content (AvgIpc) is 3.13. The lowest BCUT2D eigenvalue weighted by Gasteiger charge is -2.21. The summed E-state index contributed by atoms with van der Waals surface area (Å²) in [5.74, 6) is 0.681. The molecule has 5 heteroatoms. The van der Waals surface area contributed by atoms with Crippen molar-refractivity contribution >= 4 is 5.91 Å². The lowest BCUT2D eigenvalue weighted by Crippen LogP contribution is -2.33. The number of nitrogens with one attached hydrogen (secondary N) is 1. The number of benzene rings is 1. The first-order valence-electron chi connectivity index (χ1n) is 7.55. The summed E-state index contributed by atoms with van der Waals surface area (Å²) in [6.45, 7) is 1.05. The van der Waals surface area contributed by atoms with E-state index in [1.165, 1.54) is 5.56 Å².